The summed E-state index contributed by atoms with van der Waals surface area (Å²) >= 11 is 1.19. The number of imide groups is 1. The quantitative estimate of drug-likeness (QED) is 0.703. The molecule has 4 rings (SSSR count). The minimum Gasteiger partial charge on any atom is -0.291 e. The number of likely N-dealkylation sites (tertiary alicyclic amines) is 2. The molecule has 3 heterocycles. The molecular formula is C20H23N3O4S2. The van der Waals surface area contributed by atoms with E-state index in [0.29, 0.717) is 36.7 Å². The molecule has 0 bridgehead atoms. The average Bonchev–Trinajstić information content (AvgIpc) is 3.35. The van der Waals surface area contributed by atoms with Crippen molar-refractivity contribution in [3.63, 3.8) is 0 Å². The number of nitrogens with zero attached hydrogens (tertiary/aromatic N) is 2. The molecule has 154 valence electrons. The Kier molecular flexibility index (Phi) is 5.82. The Morgan fingerprint density at radius 3 is 2.41 bits per heavy atom. The van der Waals surface area contributed by atoms with E-state index in [0.717, 1.165) is 5.56 Å². The van der Waals surface area contributed by atoms with Gasteiger partial charge in [0.15, 0.2) is 0 Å². The SMILES string of the molecule is O=C1C[C@@H](N2CCC(NS(=O)(=O)c3cccs3)CC2)C(=O)N1Cc1ccccc1. The smallest absolute Gasteiger partial charge is 0.250 e. The highest BCUT2D eigenvalue weighted by Crippen LogP contribution is 2.25. The zero-order valence-corrected chi connectivity index (χ0v) is 17.5. The largest absolute Gasteiger partial charge is 0.291 e. The molecule has 7 nitrogen and oxygen atoms in total. The third-order valence-electron chi connectivity index (χ3n) is 5.46. The van der Waals surface area contributed by atoms with E-state index in [2.05, 4.69) is 4.72 Å². The number of hydrogen-bond donors (Lipinski definition) is 1. The number of rotatable bonds is 6. The number of amides is 2. The van der Waals surface area contributed by atoms with Crippen LogP contribution in [0, 0.1) is 0 Å². The van der Waals surface area contributed by atoms with Gasteiger partial charge >= 0.3 is 0 Å². The predicted molar refractivity (Wildman–Crippen MR) is 110 cm³/mol. The first-order valence-corrected chi connectivity index (χ1v) is 12.0. The third-order valence-corrected chi connectivity index (χ3v) is 8.37. The molecule has 1 aromatic carbocycles. The van der Waals surface area contributed by atoms with Crippen LogP contribution in [-0.2, 0) is 26.2 Å². The van der Waals surface area contributed by atoms with Gasteiger partial charge in [-0.2, -0.15) is 0 Å². The van der Waals surface area contributed by atoms with E-state index in [4.69, 9.17) is 0 Å². The number of thiophene rings is 1. The molecule has 29 heavy (non-hydrogen) atoms. The molecule has 1 N–H and O–H groups in total. The van der Waals surface area contributed by atoms with Gasteiger partial charge in [-0.25, -0.2) is 13.1 Å². The van der Waals surface area contributed by atoms with Crippen LogP contribution in [0.25, 0.3) is 0 Å². The lowest BCUT2D eigenvalue weighted by molar-refractivity contribution is -0.140. The topological polar surface area (TPSA) is 86.8 Å². The van der Waals surface area contributed by atoms with Crippen LogP contribution >= 0.6 is 11.3 Å². The Morgan fingerprint density at radius 1 is 1.03 bits per heavy atom. The van der Waals surface area contributed by atoms with Crippen molar-refractivity contribution >= 4 is 33.2 Å². The molecule has 0 spiro atoms. The summed E-state index contributed by atoms with van der Waals surface area (Å²) in [6.45, 7) is 1.47. The van der Waals surface area contributed by atoms with Crippen LogP contribution < -0.4 is 4.72 Å². The molecule has 2 saturated heterocycles. The molecule has 1 aromatic heterocycles. The molecule has 0 unspecified atom stereocenters. The molecule has 2 aliphatic rings. The van der Waals surface area contributed by atoms with Crippen molar-refractivity contribution in [2.45, 2.75) is 42.1 Å². The zero-order valence-electron chi connectivity index (χ0n) is 15.9. The van der Waals surface area contributed by atoms with Crippen molar-refractivity contribution in [3.05, 3.63) is 53.4 Å². The zero-order chi connectivity index (χ0) is 20.4. The summed E-state index contributed by atoms with van der Waals surface area (Å²) in [5.74, 6) is -0.305. The molecule has 9 heteroatoms. The second-order valence-electron chi connectivity index (χ2n) is 7.39. The lowest BCUT2D eigenvalue weighted by Gasteiger charge is -2.34. The van der Waals surface area contributed by atoms with Crippen molar-refractivity contribution in [2.75, 3.05) is 13.1 Å². The number of piperidine rings is 1. The minimum atomic E-state index is -3.50. The van der Waals surface area contributed by atoms with Crippen LogP contribution in [0.3, 0.4) is 0 Å². The maximum atomic E-state index is 12.8. The highest BCUT2D eigenvalue weighted by Gasteiger charge is 2.42. The summed E-state index contributed by atoms with van der Waals surface area (Å²) in [6.07, 6.45) is 1.42. The lowest BCUT2D eigenvalue weighted by Crippen LogP contribution is -2.50. The van der Waals surface area contributed by atoms with Crippen molar-refractivity contribution in [1.82, 2.24) is 14.5 Å². The number of carbonyl (C=O) groups excluding carboxylic acids is 2. The van der Waals surface area contributed by atoms with Gasteiger partial charge < -0.3 is 0 Å². The summed E-state index contributed by atoms with van der Waals surface area (Å²) in [5, 5.41) is 1.74. The predicted octanol–water partition coefficient (Wildman–Crippen LogP) is 1.82. The van der Waals surface area contributed by atoms with Gasteiger partial charge in [-0.3, -0.25) is 19.4 Å². The van der Waals surface area contributed by atoms with E-state index in [1.54, 1.807) is 17.5 Å². The Balaban J connectivity index is 1.34. The number of carbonyl (C=O) groups is 2. The standard InChI is InChI=1S/C20H23N3O4S2/c24-18-13-17(20(25)23(18)14-15-5-2-1-3-6-15)22-10-8-16(9-11-22)21-29(26,27)19-7-4-12-28-19/h1-7,12,16-17,21H,8-11,13-14H2/t17-/m1/s1. The fourth-order valence-corrected chi connectivity index (χ4v) is 6.22. The molecule has 2 amide bonds. The Labute approximate surface area is 174 Å². The summed E-state index contributed by atoms with van der Waals surface area (Å²) in [7, 11) is -3.50. The average molecular weight is 434 g/mol. The lowest BCUT2D eigenvalue weighted by atomic mass is 10.0. The van der Waals surface area contributed by atoms with Crippen molar-refractivity contribution in [2.24, 2.45) is 0 Å². The maximum Gasteiger partial charge on any atom is 0.250 e. The van der Waals surface area contributed by atoms with Gasteiger partial charge in [-0.05, 0) is 29.9 Å². The van der Waals surface area contributed by atoms with Gasteiger partial charge in [0.2, 0.25) is 21.8 Å². The molecule has 2 fully saturated rings. The second-order valence-corrected chi connectivity index (χ2v) is 10.3. The maximum absolute atomic E-state index is 12.8. The Bertz CT molecular complexity index is 968. The number of sulfonamides is 1. The fraction of sp³-hybridized carbons (Fsp3) is 0.400. The Morgan fingerprint density at radius 2 is 1.76 bits per heavy atom. The first kappa shape index (κ1) is 20.2. The van der Waals surface area contributed by atoms with Crippen molar-refractivity contribution in [3.8, 4) is 0 Å². The van der Waals surface area contributed by atoms with Crippen molar-refractivity contribution < 1.29 is 18.0 Å². The van der Waals surface area contributed by atoms with Crippen LogP contribution in [0.4, 0.5) is 0 Å². The van der Waals surface area contributed by atoms with E-state index in [1.165, 1.54) is 16.2 Å². The van der Waals surface area contributed by atoms with Crippen molar-refractivity contribution in [1.29, 1.82) is 0 Å². The van der Waals surface area contributed by atoms with Gasteiger partial charge in [0.25, 0.3) is 0 Å². The van der Waals surface area contributed by atoms with E-state index in [-0.39, 0.29) is 24.3 Å². The number of nitrogens with one attached hydrogen (secondary N) is 1. The van der Waals surface area contributed by atoms with Crippen LogP contribution in [0.5, 0.6) is 0 Å². The van der Waals surface area contributed by atoms with E-state index in [9.17, 15) is 18.0 Å². The molecular weight excluding hydrogens is 410 g/mol. The summed E-state index contributed by atoms with van der Waals surface area (Å²) < 4.78 is 27.9. The summed E-state index contributed by atoms with van der Waals surface area (Å²) in [6, 6.07) is 12.2. The molecule has 0 radical (unpaired) electrons. The van der Waals surface area contributed by atoms with E-state index >= 15 is 0 Å². The summed E-state index contributed by atoms with van der Waals surface area (Å²) in [5.41, 5.74) is 0.927. The van der Waals surface area contributed by atoms with Gasteiger partial charge in [-0.1, -0.05) is 36.4 Å². The van der Waals surface area contributed by atoms with E-state index < -0.39 is 16.1 Å². The molecule has 2 aliphatic heterocycles. The van der Waals surface area contributed by atoms with Gasteiger partial charge in [0.1, 0.15) is 4.21 Å². The minimum absolute atomic E-state index is 0.149. The monoisotopic (exact) mass is 433 g/mol. The van der Waals surface area contributed by atoms with Crippen LogP contribution in [0.1, 0.15) is 24.8 Å². The van der Waals surface area contributed by atoms with E-state index in [1.807, 2.05) is 35.2 Å². The first-order chi connectivity index (χ1) is 13.9. The second kappa shape index (κ2) is 8.35. The molecule has 0 saturated carbocycles. The number of hydrogen-bond acceptors (Lipinski definition) is 6. The van der Waals surface area contributed by atoms with Gasteiger partial charge in [0, 0.05) is 19.1 Å². The molecule has 1 atom stereocenters. The first-order valence-electron chi connectivity index (χ1n) is 9.62. The fourth-order valence-electron chi connectivity index (χ4n) is 3.91. The summed E-state index contributed by atoms with van der Waals surface area (Å²) in [4.78, 5) is 28.6. The van der Waals surface area contributed by atoms with Crippen LogP contribution in [0.15, 0.2) is 52.1 Å². The number of benzene rings is 1. The normalized spacial score (nSPS) is 21.8. The molecule has 0 aliphatic carbocycles. The van der Waals surface area contributed by atoms with Gasteiger partial charge in [0.05, 0.1) is 19.0 Å². The molecule has 2 aromatic rings. The highest BCUT2D eigenvalue weighted by atomic mass is 32.2. The highest BCUT2D eigenvalue weighted by molar-refractivity contribution is 7.91. The Hall–Kier alpha value is -2.07. The third kappa shape index (κ3) is 4.42. The van der Waals surface area contributed by atoms with Gasteiger partial charge in [-0.15, -0.1) is 11.3 Å². The van der Waals surface area contributed by atoms with Crippen LogP contribution in [0.2, 0.25) is 0 Å². The van der Waals surface area contributed by atoms with Crippen LogP contribution in [-0.4, -0.2) is 55.2 Å².